The second-order valence-electron chi connectivity index (χ2n) is 7.26. The molecule has 1 fully saturated rings. The van der Waals surface area contributed by atoms with Crippen LogP contribution in [0.15, 0.2) is 48.5 Å². The van der Waals surface area contributed by atoms with Crippen molar-refractivity contribution in [2.45, 2.75) is 25.1 Å². The SMILES string of the molecule is COc1ccc(OC[C@@H](O)CN(Cc2cccc(F)c2)[C@H]2CCS(=O)(=O)C2)cc1. The van der Waals surface area contributed by atoms with Crippen LogP contribution in [-0.4, -0.2) is 62.3 Å². The molecule has 0 bridgehead atoms. The monoisotopic (exact) mass is 423 g/mol. The smallest absolute Gasteiger partial charge is 0.151 e. The van der Waals surface area contributed by atoms with Crippen LogP contribution in [0.2, 0.25) is 0 Å². The van der Waals surface area contributed by atoms with Gasteiger partial charge in [-0.3, -0.25) is 4.90 Å². The third-order valence-electron chi connectivity index (χ3n) is 4.95. The zero-order chi connectivity index (χ0) is 20.9. The third-order valence-corrected chi connectivity index (χ3v) is 6.70. The van der Waals surface area contributed by atoms with Gasteiger partial charge in [-0.05, 0) is 48.4 Å². The Balaban J connectivity index is 1.63. The van der Waals surface area contributed by atoms with E-state index in [1.54, 1.807) is 43.5 Å². The van der Waals surface area contributed by atoms with Crippen LogP contribution in [0.3, 0.4) is 0 Å². The topological polar surface area (TPSA) is 76.1 Å². The largest absolute Gasteiger partial charge is 0.497 e. The molecule has 2 aromatic rings. The molecule has 1 saturated heterocycles. The molecule has 1 aliphatic rings. The highest BCUT2D eigenvalue weighted by Gasteiger charge is 2.33. The number of aliphatic hydroxyl groups is 1. The van der Waals surface area contributed by atoms with E-state index in [1.807, 2.05) is 4.90 Å². The van der Waals surface area contributed by atoms with E-state index in [4.69, 9.17) is 9.47 Å². The maximum absolute atomic E-state index is 13.6. The molecule has 0 amide bonds. The molecule has 0 radical (unpaired) electrons. The molecular weight excluding hydrogens is 397 g/mol. The summed E-state index contributed by atoms with van der Waals surface area (Å²) in [5.41, 5.74) is 0.734. The maximum Gasteiger partial charge on any atom is 0.151 e. The van der Waals surface area contributed by atoms with E-state index in [0.29, 0.717) is 24.5 Å². The lowest BCUT2D eigenvalue weighted by molar-refractivity contribution is 0.0524. The summed E-state index contributed by atoms with van der Waals surface area (Å²) in [4.78, 5) is 1.90. The predicted molar refractivity (Wildman–Crippen MR) is 108 cm³/mol. The molecule has 2 aromatic carbocycles. The fraction of sp³-hybridized carbons (Fsp3) is 0.429. The van der Waals surface area contributed by atoms with Crippen molar-refractivity contribution in [3.05, 3.63) is 59.9 Å². The lowest BCUT2D eigenvalue weighted by Crippen LogP contribution is -2.42. The van der Waals surface area contributed by atoms with Gasteiger partial charge in [0.2, 0.25) is 0 Å². The van der Waals surface area contributed by atoms with E-state index >= 15 is 0 Å². The number of ether oxygens (including phenoxy) is 2. The van der Waals surface area contributed by atoms with Crippen LogP contribution in [0, 0.1) is 5.82 Å². The molecule has 158 valence electrons. The molecule has 6 nitrogen and oxygen atoms in total. The van der Waals surface area contributed by atoms with Gasteiger partial charge in [0.1, 0.15) is 30.0 Å². The number of hydrogen-bond acceptors (Lipinski definition) is 6. The Kier molecular flexibility index (Phi) is 7.10. The van der Waals surface area contributed by atoms with Crippen molar-refractivity contribution >= 4 is 9.84 Å². The van der Waals surface area contributed by atoms with E-state index in [0.717, 1.165) is 5.56 Å². The number of aliphatic hydroxyl groups excluding tert-OH is 1. The molecular formula is C21H26FNO5S. The highest BCUT2D eigenvalue weighted by Crippen LogP contribution is 2.21. The Morgan fingerprint density at radius 3 is 2.55 bits per heavy atom. The minimum atomic E-state index is -3.08. The molecule has 1 N–H and O–H groups in total. The summed E-state index contributed by atoms with van der Waals surface area (Å²) in [6.45, 7) is 0.649. The first kappa shape index (κ1) is 21.5. The fourth-order valence-electron chi connectivity index (χ4n) is 3.46. The summed E-state index contributed by atoms with van der Waals surface area (Å²) < 4.78 is 48.1. The summed E-state index contributed by atoms with van der Waals surface area (Å²) in [5.74, 6) is 1.15. The number of halogens is 1. The van der Waals surface area contributed by atoms with Crippen molar-refractivity contribution in [3.8, 4) is 11.5 Å². The van der Waals surface area contributed by atoms with Crippen LogP contribution in [-0.2, 0) is 16.4 Å². The molecule has 3 rings (SSSR count). The van der Waals surface area contributed by atoms with Crippen molar-refractivity contribution in [2.24, 2.45) is 0 Å². The van der Waals surface area contributed by atoms with Gasteiger partial charge in [0.05, 0.1) is 18.6 Å². The summed E-state index contributed by atoms with van der Waals surface area (Å²) in [5, 5.41) is 10.5. The van der Waals surface area contributed by atoms with Crippen molar-refractivity contribution < 1.29 is 27.4 Å². The first-order valence-corrected chi connectivity index (χ1v) is 11.3. The number of hydrogen-bond donors (Lipinski definition) is 1. The Morgan fingerprint density at radius 2 is 1.93 bits per heavy atom. The van der Waals surface area contributed by atoms with E-state index in [1.165, 1.54) is 12.1 Å². The second-order valence-corrected chi connectivity index (χ2v) is 9.49. The maximum atomic E-state index is 13.6. The molecule has 0 aromatic heterocycles. The van der Waals surface area contributed by atoms with Crippen LogP contribution < -0.4 is 9.47 Å². The molecule has 29 heavy (non-hydrogen) atoms. The molecule has 1 aliphatic heterocycles. The van der Waals surface area contributed by atoms with Gasteiger partial charge in [0, 0.05) is 19.1 Å². The number of nitrogens with zero attached hydrogens (tertiary/aromatic N) is 1. The van der Waals surface area contributed by atoms with Crippen LogP contribution in [0.5, 0.6) is 11.5 Å². The van der Waals surface area contributed by atoms with Crippen molar-refractivity contribution in [3.63, 3.8) is 0 Å². The summed E-state index contributed by atoms with van der Waals surface area (Å²) >= 11 is 0. The Morgan fingerprint density at radius 1 is 1.21 bits per heavy atom. The Bertz CT molecular complexity index is 904. The normalized spacial score (nSPS) is 19.2. The molecule has 8 heteroatoms. The summed E-state index contributed by atoms with van der Waals surface area (Å²) in [7, 11) is -1.50. The van der Waals surface area contributed by atoms with E-state index in [2.05, 4.69) is 0 Å². The number of rotatable bonds is 9. The number of methoxy groups -OCH3 is 1. The standard InChI is InChI=1S/C21H26FNO5S/c1-27-20-5-7-21(8-6-20)28-14-19(24)13-23(18-9-10-29(25,26)15-18)12-16-3-2-4-17(22)11-16/h2-8,11,18-19,24H,9-10,12-15H2,1H3/t18-,19-/m0/s1. The summed E-state index contributed by atoms with van der Waals surface area (Å²) in [6, 6.07) is 13.0. The van der Waals surface area contributed by atoms with Crippen LogP contribution in [0.1, 0.15) is 12.0 Å². The van der Waals surface area contributed by atoms with Gasteiger partial charge in [0.25, 0.3) is 0 Å². The van der Waals surface area contributed by atoms with E-state index < -0.39 is 15.9 Å². The zero-order valence-corrected chi connectivity index (χ0v) is 17.1. The van der Waals surface area contributed by atoms with E-state index in [-0.39, 0.29) is 36.5 Å². The van der Waals surface area contributed by atoms with Crippen molar-refractivity contribution in [1.82, 2.24) is 4.90 Å². The van der Waals surface area contributed by atoms with E-state index in [9.17, 15) is 17.9 Å². The third kappa shape index (κ3) is 6.42. The predicted octanol–water partition coefficient (Wildman–Crippen LogP) is 2.26. The van der Waals surface area contributed by atoms with Crippen LogP contribution in [0.25, 0.3) is 0 Å². The molecule has 0 aliphatic carbocycles. The molecule has 2 atom stereocenters. The average molecular weight is 424 g/mol. The van der Waals surface area contributed by atoms with Crippen LogP contribution in [0.4, 0.5) is 4.39 Å². The Labute approximate surface area is 170 Å². The zero-order valence-electron chi connectivity index (χ0n) is 16.3. The molecule has 0 unspecified atom stereocenters. The quantitative estimate of drug-likeness (QED) is 0.667. The molecule has 1 heterocycles. The minimum Gasteiger partial charge on any atom is -0.497 e. The lowest BCUT2D eigenvalue weighted by atomic mass is 10.1. The number of benzene rings is 2. The van der Waals surface area contributed by atoms with Crippen molar-refractivity contribution in [1.29, 1.82) is 0 Å². The van der Waals surface area contributed by atoms with Crippen molar-refractivity contribution in [2.75, 3.05) is 31.8 Å². The first-order chi connectivity index (χ1) is 13.8. The number of sulfone groups is 1. The van der Waals surface area contributed by atoms with Gasteiger partial charge < -0.3 is 14.6 Å². The fourth-order valence-corrected chi connectivity index (χ4v) is 5.23. The van der Waals surface area contributed by atoms with Gasteiger partial charge >= 0.3 is 0 Å². The first-order valence-electron chi connectivity index (χ1n) is 9.48. The average Bonchev–Trinajstić information content (AvgIpc) is 3.06. The van der Waals surface area contributed by atoms with Gasteiger partial charge in [-0.25, -0.2) is 12.8 Å². The lowest BCUT2D eigenvalue weighted by Gasteiger charge is -2.30. The highest BCUT2D eigenvalue weighted by atomic mass is 32.2. The summed E-state index contributed by atoms with van der Waals surface area (Å²) in [6.07, 6.45) is -0.321. The molecule has 0 spiro atoms. The second kappa shape index (κ2) is 9.56. The van der Waals surface area contributed by atoms with Gasteiger partial charge in [0.15, 0.2) is 9.84 Å². The van der Waals surface area contributed by atoms with Gasteiger partial charge in [-0.15, -0.1) is 0 Å². The van der Waals surface area contributed by atoms with Gasteiger partial charge in [-0.1, -0.05) is 12.1 Å². The van der Waals surface area contributed by atoms with Gasteiger partial charge in [-0.2, -0.15) is 0 Å². The minimum absolute atomic E-state index is 0.0500. The highest BCUT2D eigenvalue weighted by molar-refractivity contribution is 7.91. The molecule has 0 saturated carbocycles. The Hall–Kier alpha value is -2.16. The van der Waals surface area contributed by atoms with Crippen LogP contribution >= 0.6 is 0 Å².